The van der Waals surface area contributed by atoms with Crippen LogP contribution in [0.15, 0.2) is 67.1 Å². The van der Waals surface area contributed by atoms with Crippen LogP contribution >= 0.6 is 0 Å². The van der Waals surface area contributed by atoms with Crippen molar-refractivity contribution < 1.29 is 0 Å². The first kappa shape index (κ1) is 18.8. The van der Waals surface area contributed by atoms with Gasteiger partial charge in [-0.3, -0.25) is 4.68 Å². The standard InChI is InChI=1S/C24H26N6/c1-18-6-5-9-20(12-18)24-21(15-29(28-24)14-19-7-3-2-4-8-19)13-25-22-10-11-23-26-17-27-30(23)16-22/h2-9,12,15,17,22,25H,10-11,13-14,16H2,1H3. The van der Waals surface area contributed by atoms with Gasteiger partial charge in [0.1, 0.15) is 12.2 Å². The van der Waals surface area contributed by atoms with Gasteiger partial charge in [0.05, 0.1) is 18.8 Å². The molecule has 3 heterocycles. The number of hydrogen-bond acceptors (Lipinski definition) is 4. The minimum atomic E-state index is 0.391. The van der Waals surface area contributed by atoms with Crippen LogP contribution in [0.5, 0.6) is 0 Å². The van der Waals surface area contributed by atoms with Gasteiger partial charge in [-0.2, -0.15) is 10.2 Å². The van der Waals surface area contributed by atoms with Crippen molar-refractivity contribution in [2.75, 3.05) is 0 Å². The molecule has 2 aromatic carbocycles. The summed E-state index contributed by atoms with van der Waals surface area (Å²) in [5, 5.41) is 13.0. The largest absolute Gasteiger partial charge is 0.308 e. The molecule has 152 valence electrons. The normalized spacial score (nSPS) is 15.8. The first-order chi connectivity index (χ1) is 14.7. The lowest BCUT2D eigenvalue weighted by Gasteiger charge is -2.23. The van der Waals surface area contributed by atoms with E-state index in [1.807, 2.05) is 10.7 Å². The van der Waals surface area contributed by atoms with Gasteiger partial charge >= 0.3 is 0 Å². The summed E-state index contributed by atoms with van der Waals surface area (Å²) in [7, 11) is 0. The molecule has 0 bridgehead atoms. The van der Waals surface area contributed by atoms with Crippen molar-refractivity contribution in [3.63, 3.8) is 0 Å². The van der Waals surface area contributed by atoms with E-state index in [0.717, 1.165) is 44.0 Å². The van der Waals surface area contributed by atoms with Crippen LogP contribution in [0, 0.1) is 6.92 Å². The van der Waals surface area contributed by atoms with Crippen LogP contribution in [0.25, 0.3) is 11.3 Å². The molecule has 0 aliphatic carbocycles. The van der Waals surface area contributed by atoms with Gasteiger partial charge in [0.25, 0.3) is 0 Å². The lowest BCUT2D eigenvalue weighted by Crippen LogP contribution is -2.37. The fraction of sp³-hybridized carbons (Fsp3) is 0.292. The summed E-state index contributed by atoms with van der Waals surface area (Å²) in [6.07, 6.45) is 5.88. The maximum atomic E-state index is 4.96. The maximum Gasteiger partial charge on any atom is 0.138 e. The van der Waals surface area contributed by atoms with Crippen LogP contribution < -0.4 is 5.32 Å². The van der Waals surface area contributed by atoms with Gasteiger partial charge in [0.15, 0.2) is 0 Å². The van der Waals surface area contributed by atoms with E-state index in [1.54, 1.807) is 6.33 Å². The maximum absolute atomic E-state index is 4.96. The molecule has 6 nitrogen and oxygen atoms in total. The Morgan fingerprint density at radius 2 is 2.00 bits per heavy atom. The Morgan fingerprint density at radius 1 is 1.10 bits per heavy atom. The van der Waals surface area contributed by atoms with E-state index in [0.29, 0.717) is 6.04 Å². The molecule has 5 rings (SSSR count). The third kappa shape index (κ3) is 4.04. The first-order valence-electron chi connectivity index (χ1n) is 10.5. The summed E-state index contributed by atoms with van der Waals surface area (Å²) in [5.41, 5.74) is 5.94. The molecule has 0 fully saturated rings. The predicted molar refractivity (Wildman–Crippen MR) is 117 cm³/mol. The average molecular weight is 399 g/mol. The van der Waals surface area contributed by atoms with E-state index in [-0.39, 0.29) is 0 Å². The zero-order valence-electron chi connectivity index (χ0n) is 17.2. The fourth-order valence-corrected chi connectivity index (χ4v) is 4.14. The molecule has 0 spiro atoms. The smallest absolute Gasteiger partial charge is 0.138 e. The molecule has 6 heteroatoms. The summed E-state index contributed by atoms with van der Waals surface area (Å²) < 4.78 is 4.07. The Labute approximate surface area is 176 Å². The van der Waals surface area contributed by atoms with Crippen molar-refractivity contribution in [2.45, 2.75) is 45.4 Å². The van der Waals surface area contributed by atoms with Crippen LogP contribution in [0.2, 0.25) is 0 Å². The average Bonchev–Trinajstić information content (AvgIpc) is 3.39. The lowest BCUT2D eigenvalue weighted by molar-refractivity contribution is 0.358. The number of aryl methyl sites for hydroxylation is 2. The number of nitrogens with zero attached hydrogens (tertiary/aromatic N) is 5. The highest BCUT2D eigenvalue weighted by atomic mass is 15.3. The molecule has 1 atom stereocenters. The molecule has 0 radical (unpaired) electrons. The summed E-state index contributed by atoms with van der Waals surface area (Å²) in [6, 6.07) is 19.5. The molecule has 1 aliphatic heterocycles. The second kappa shape index (κ2) is 8.24. The van der Waals surface area contributed by atoms with Gasteiger partial charge in [0, 0.05) is 36.3 Å². The number of rotatable bonds is 6. The van der Waals surface area contributed by atoms with E-state index in [9.17, 15) is 0 Å². The zero-order chi connectivity index (χ0) is 20.3. The quantitative estimate of drug-likeness (QED) is 0.539. The SMILES string of the molecule is Cc1cccc(-c2nn(Cc3ccccc3)cc2CNC2CCc3ncnn3C2)c1. The Kier molecular flexibility index (Phi) is 5.15. The highest BCUT2D eigenvalue weighted by molar-refractivity contribution is 5.63. The molecule has 0 saturated heterocycles. The van der Waals surface area contributed by atoms with Crippen LogP contribution in [-0.4, -0.2) is 30.6 Å². The number of nitrogens with one attached hydrogen (secondary N) is 1. The van der Waals surface area contributed by atoms with E-state index >= 15 is 0 Å². The molecule has 30 heavy (non-hydrogen) atoms. The molecule has 0 amide bonds. The molecule has 1 unspecified atom stereocenters. The monoisotopic (exact) mass is 398 g/mol. The molecule has 1 N–H and O–H groups in total. The van der Waals surface area contributed by atoms with Gasteiger partial charge in [-0.1, -0.05) is 54.1 Å². The first-order valence-corrected chi connectivity index (χ1v) is 10.5. The van der Waals surface area contributed by atoms with Crippen LogP contribution in [-0.2, 0) is 26.1 Å². The Hall–Kier alpha value is -3.25. The summed E-state index contributed by atoms with van der Waals surface area (Å²) in [6.45, 7) is 4.55. The van der Waals surface area contributed by atoms with Crippen LogP contribution in [0.3, 0.4) is 0 Å². The molecule has 0 saturated carbocycles. The summed E-state index contributed by atoms with van der Waals surface area (Å²) in [4.78, 5) is 4.33. The molecule has 1 aliphatic rings. The number of benzene rings is 2. The van der Waals surface area contributed by atoms with Gasteiger partial charge in [-0.25, -0.2) is 9.67 Å². The molecular weight excluding hydrogens is 372 g/mol. The second-order valence-corrected chi connectivity index (χ2v) is 8.03. The van der Waals surface area contributed by atoms with Gasteiger partial charge < -0.3 is 5.32 Å². The zero-order valence-corrected chi connectivity index (χ0v) is 17.2. The number of hydrogen-bond donors (Lipinski definition) is 1. The van der Waals surface area contributed by atoms with Crippen molar-refractivity contribution in [1.29, 1.82) is 0 Å². The topological polar surface area (TPSA) is 60.6 Å². The van der Waals surface area contributed by atoms with Gasteiger partial charge in [-0.05, 0) is 25.0 Å². The number of aromatic nitrogens is 5. The van der Waals surface area contributed by atoms with Crippen molar-refractivity contribution >= 4 is 0 Å². The van der Waals surface area contributed by atoms with Gasteiger partial charge in [0.2, 0.25) is 0 Å². The minimum Gasteiger partial charge on any atom is -0.308 e. The van der Waals surface area contributed by atoms with Crippen molar-refractivity contribution in [2.24, 2.45) is 0 Å². The summed E-state index contributed by atoms with van der Waals surface area (Å²) >= 11 is 0. The lowest BCUT2D eigenvalue weighted by atomic mass is 10.0. The summed E-state index contributed by atoms with van der Waals surface area (Å²) in [5.74, 6) is 1.09. The number of fused-ring (bicyclic) bond motifs is 1. The fourth-order valence-electron chi connectivity index (χ4n) is 4.14. The second-order valence-electron chi connectivity index (χ2n) is 8.03. The highest BCUT2D eigenvalue weighted by Gasteiger charge is 2.20. The third-order valence-corrected chi connectivity index (χ3v) is 5.70. The third-order valence-electron chi connectivity index (χ3n) is 5.70. The Bertz CT molecular complexity index is 1130. The van der Waals surface area contributed by atoms with Crippen LogP contribution in [0.4, 0.5) is 0 Å². The Balaban J connectivity index is 1.38. The van der Waals surface area contributed by atoms with Gasteiger partial charge in [-0.15, -0.1) is 0 Å². The van der Waals surface area contributed by atoms with E-state index in [2.05, 4.69) is 81.7 Å². The highest BCUT2D eigenvalue weighted by Crippen LogP contribution is 2.24. The van der Waals surface area contributed by atoms with E-state index < -0.39 is 0 Å². The van der Waals surface area contributed by atoms with E-state index in [1.165, 1.54) is 22.3 Å². The van der Waals surface area contributed by atoms with Crippen molar-refractivity contribution in [3.05, 3.63) is 89.6 Å². The van der Waals surface area contributed by atoms with Crippen LogP contribution in [0.1, 0.15) is 28.9 Å². The predicted octanol–water partition coefficient (Wildman–Crippen LogP) is 3.60. The van der Waals surface area contributed by atoms with Crippen molar-refractivity contribution in [1.82, 2.24) is 29.9 Å². The van der Waals surface area contributed by atoms with E-state index in [4.69, 9.17) is 5.10 Å². The van der Waals surface area contributed by atoms with Crippen molar-refractivity contribution in [3.8, 4) is 11.3 Å². The minimum absolute atomic E-state index is 0.391. The molecular formula is C24H26N6. The Morgan fingerprint density at radius 3 is 2.87 bits per heavy atom. The molecule has 2 aromatic heterocycles. The molecule has 4 aromatic rings.